The summed E-state index contributed by atoms with van der Waals surface area (Å²) in [7, 11) is 0. The van der Waals surface area contributed by atoms with Gasteiger partial charge >= 0.3 is 0 Å². The molecule has 0 bridgehead atoms. The molecule has 9 atom stereocenters. The van der Waals surface area contributed by atoms with Gasteiger partial charge in [-0.15, -0.1) is 0 Å². The van der Waals surface area contributed by atoms with E-state index in [2.05, 4.69) is 46.8 Å². The van der Waals surface area contributed by atoms with E-state index in [1.54, 1.807) is 5.57 Å². The first-order valence-corrected chi connectivity index (χ1v) is 13.3. The summed E-state index contributed by atoms with van der Waals surface area (Å²) in [6.45, 7) is 11.9. The van der Waals surface area contributed by atoms with Crippen molar-refractivity contribution in [1.29, 1.82) is 0 Å². The van der Waals surface area contributed by atoms with Crippen molar-refractivity contribution in [3.8, 4) is 0 Å². The van der Waals surface area contributed by atoms with Crippen LogP contribution >= 0.6 is 0 Å². The van der Waals surface area contributed by atoms with Gasteiger partial charge in [-0.05, 0) is 118 Å². The Labute approximate surface area is 190 Å². The molecule has 0 aliphatic heterocycles. The second-order valence-electron chi connectivity index (χ2n) is 13.1. The number of hydrogen-bond acceptors (Lipinski definition) is 2. The average molecular weight is 427 g/mol. The molecule has 4 saturated carbocycles. The summed E-state index contributed by atoms with van der Waals surface area (Å²) in [4.78, 5) is 0. The predicted octanol–water partition coefficient (Wildman–Crippen LogP) is 6.67. The van der Waals surface area contributed by atoms with Crippen LogP contribution < -0.4 is 0 Å². The molecule has 2 unspecified atom stereocenters. The number of aliphatic hydroxyl groups is 2. The van der Waals surface area contributed by atoms with Crippen LogP contribution in [0.25, 0.3) is 0 Å². The summed E-state index contributed by atoms with van der Waals surface area (Å²) in [5.41, 5.74) is 3.73. The highest BCUT2D eigenvalue weighted by molar-refractivity contribution is 5.37. The summed E-state index contributed by atoms with van der Waals surface area (Å²) in [6, 6.07) is 0. The smallest absolute Gasteiger partial charge is 0.0634 e. The zero-order valence-electron chi connectivity index (χ0n) is 20.7. The highest BCUT2D eigenvalue weighted by Gasteiger charge is 2.66. The second-order valence-corrected chi connectivity index (χ2v) is 13.1. The van der Waals surface area contributed by atoms with Crippen LogP contribution in [0.4, 0.5) is 0 Å². The predicted molar refractivity (Wildman–Crippen MR) is 127 cm³/mol. The van der Waals surface area contributed by atoms with Crippen LogP contribution in [-0.4, -0.2) is 22.4 Å². The number of fused-ring (bicyclic) bond motifs is 6. The molecule has 0 aromatic rings. The quantitative estimate of drug-likeness (QED) is 0.493. The van der Waals surface area contributed by atoms with Gasteiger partial charge in [0.25, 0.3) is 0 Å². The van der Waals surface area contributed by atoms with E-state index in [0.717, 1.165) is 25.7 Å². The SMILES string of the molecule is CC(C)=CCC[C@@H](C)[C@H]1CC(O)[C@H]2[C@@H]3CC=C4C5(CC5)C(O)CC[C@]4(C)[C@H]3CC[C@]12C. The van der Waals surface area contributed by atoms with Crippen LogP contribution in [0.1, 0.15) is 98.8 Å². The summed E-state index contributed by atoms with van der Waals surface area (Å²) in [5, 5.41) is 22.2. The highest BCUT2D eigenvalue weighted by atomic mass is 16.3. The first kappa shape index (κ1) is 22.2. The van der Waals surface area contributed by atoms with Gasteiger partial charge in [0.15, 0.2) is 0 Å². The molecule has 0 heterocycles. The van der Waals surface area contributed by atoms with E-state index in [1.165, 1.54) is 44.1 Å². The Kier molecular flexibility index (Phi) is 5.34. The van der Waals surface area contributed by atoms with Crippen LogP contribution in [0, 0.1) is 45.8 Å². The van der Waals surface area contributed by atoms with E-state index in [1.807, 2.05) is 0 Å². The maximum Gasteiger partial charge on any atom is 0.0634 e. The third kappa shape index (κ3) is 3.17. The van der Waals surface area contributed by atoms with Gasteiger partial charge in [-0.2, -0.15) is 0 Å². The first-order chi connectivity index (χ1) is 14.6. The Morgan fingerprint density at radius 1 is 1.13 bits per heavy atom. The molecule has 0 aromatic carbocycles. The minimum absolute atomic E-state index is 0.111. The minimum Gasteiger partial charge on any atom is -0.393 e. The molecule has 4 fully saturated rings. The maximum absolute atomic E-state index is 11.4. The second kappa shape index (κ2) is 7.45. The Morgan fingerprint density at radius 2 is 1.87 bits per heavy atom. The van der Waals surface area contributed by atoms with E-state index in [4.69, 9.17) is 0 Å². The maximum atomic E-state index is 11.4. The van der Waals surface area contributed by atoms with Crippen LogP contribution in [0.5, 0.6) is 0 Å². The van der Waals surface area contributed by atoms with Crippen molar-refractivity contribution >= 4 is 0 Å². The van der Waals surface area contributed by atoms with Crippen molar-refractivity contribution < 1.29 is 10.2 Å². The van der Waals surface area contributed by atoms with E-state index in [0.29, 0.717) is 29.6 Å². The number of rotatable bonds is 4. The third-order valence-electron chi connectivity index (χ3n) is 11.3. The molecule has 1 spiro atoms. The summed E-state index contributed by atoms with van der Waals surface area (Å²) in [6.07, 6.45) is 16.4. The van der Waals surface area contributed by atoms with Gasteiger partial charge in [-0.25, -0.2) is 0 Å². The lowest BCUT2D eigenvalue weighted by molar-refractivity contribution is -0.0897. The van der Waals surface area contributed by atoms with Gasteiger partial charge in [0, 0.05) is 5.41 Å². The van der Waals surface area contributed by atoms with Gasteiger partial charge in [0.1, 0.15) is 0 Å². The van der Waals surface area contributed by atoms with Gasteiger partial charge in [0.2, 0.25) is 0 Å². The molecule has 0 saturated heterocycles. The average Bonchev–Trinajstić information content (AvgIpc) is 3.44. The first-order valence-electron chi connectivity index (χ1n) is 13.3. The lowest BCUT2D eigenvalue weighted by Gasteiger charge is -2.60. The fourth-order valence-electron chi connectivity index (χ4n) is 9.65. The highest BCUT2D eigenvalue weighted by Crippen LogP contribution is 2.72. The molecule has 5 aliphatic rings. The fraction of sp³-hybridized carbons (Fsp3) is 0.862. The van der Waals surface area contributed by atoms with Gasteiger partial charge < -0.3 is 10.2 Å². The number of aliphatic hydroxyl groups excluding tert-OH is 2. The van der Waals surface area contributed by atoms with E-state index < -0.39 is 0 Å². The molecule has 5 aliphatic carbocycles. The molecule has 2 N–H and O–H groups in total. The Morgan fingerprint density at radius 3 is 2.55 bits per heavy atom. The van der Waals surface area contributed by atoms with Crippen LogP contribution in [-0.2, 0) is 0 Å². The molecular formula is C29H46O2. The summed E-state index contributed by atoms with van der Waals surface area (Å²) in [5.74, 6) is 3.12. The number of hydrogen-bond donors (Lipinski definition) is 2. The largest absolute Gasteiger partial charge is 0.393 e. The lowest BCUT2D eigenvalue weighted by Crippen LogP contribution is -2.54. The molecule has 31 heavy (non-hydrogen) atoms. The summed E-state index contributed by atoms with van der Waals surface area (Å²) >= 11 is 0. The number of allylic oxidation sites excluding steroid dienone is 3. The Hall–Kier alpha value is -0.600. The van der Waals surface area contributed by atoms with Crippen molar-refractivity contribution in [2.45, 2.75) is 111 Å². The minimum atomic E-state index is -0.128. The van der Waals surface area contributed by atoms with Gasteiger partial charge in [-0.3, -0.25) is 0 Å². The molecule has 174 valence electrons. The van der Waals surface area contributed by atoms with Crippen molar-refractivity contribution in [3.05, 3.63) is 23.3 Å². The standard InChI is InChI=1S/C29H46O2/c1-18(2)7-6-8-19(3)22-17-23(30)26-20-9-10-24-27(4,21(20)11-13-28(22,26)5)14-12-25(31)29(24)15-16-29/h7,10,19-23,25-26,30-31H,6,8-9,11-17H2,1-5H3/t19-,20-,21+,22-,23?,25?,26-,27-,28-/m1/s1. The third-order valence-corrected chi connectivity index (χ3v) is 11.3. The summed E-state index contributed by atoms with van der Waals surface area (Å²) < 4.78 is 0. The van der Waals surface area contributed by atoms with E-state index in [-0.39, 0.29) is 28.5 Å². The molecule has 0 aromatic heterocycles. The molecule has 5 rings (SSSR count). The Bertz CT molecular complexity index is 772. The fourth-order valence-corrected chi connectivity index (χ4v) is 9.65. The van der Waals surface area contributed by atoms with Gasteiger partial charge in [-0.1, -0.05) is 44.1 Å². The van der Waals surface area contributed by atoms with Gasteiger partial charge in [0.05, 0.1) is 12.2 Å². The van der Waals surface area contributed by atoms with E-state index >= 15 is 0 Å². The molecule has 0 radical (unpaired) electrons. The topological polar surface area (TPSA) is 40.5 Å². The van der Waals surface area contributed by atoms with Crippen molar-refractivity contribution in [3.63, 3.8) is 0 Å². The van der Waals surface area contributed by atoms with Crippen molar-refractivity contribution in [2.24, 2.45) is 45.8 Å². The van der Waals surface area contributed by atoms with Crippen LogP contribution in [0.15, 0.2) is 23.3 Å². The molecular weight excluding hydrogens is 380 g/mol. The zero-order valence-corrected chi connectivity index (χ0v) is 20.7. The molecule has 0 amide bonds. The lowest BCUT2D eigenvalue weighted by atomic mass is 9.45. The van der Waals surface area contributed by atoms with Crippen LogP contribution in [0.3, 0.4) is 0 Å². The van der Waals surface area contributed by atoms with Crippen molar-refractivity contribution in [1.82, 2.24) is 0 Å². The normalized spacial score (nSPS) is 48.3. The monoisotopic (exact) mass is 426 g/mol. The van der Waals surface area contributed by atoms with E-state index in [9.17, 15) is 10.2 Å². The molecule has 2 nitrogen and oxygen atoms in total. The van der Waals surface area contributed by atoms with Crippen LogP contribution in [0.2, 0.25) is 0 Å². The Balaban J connectivity index is 1.41. The molecule has 2 heteroatoms. The van der Waals surface area contributed by atoms with Crippen molar-refractivity contribution in [2.75, 3.05) is 0 Å². The zero-order chi connectivity index (χ0) is 22.2.